The molecule has 0 unspecified atom stereocenters. The zero-order valence-corrected chi connectivity index (χ0v) is 17.9. The van der Waals surface area contributed by atoms with Gasteiger partial charge in [0, 0.05) is 49.3 Å². The number of ether oxygens (including phenoxy) is 1. The number of rotatable bonds is 5. The van der Waals surface area contributed by atoms with Crippen LogP contribution in [0.5, 0.6) is 5.75 Å². The highest BCUT2D eigenvalue weighted by Crippen LogP contribution is 2.27. The number of carbonyl (C=O) groups is 2. The lowest BCUT2D eigenvalue weighted by molar-refractivity contribution is -0.140. The summed E-state index contributed by atoms with van der Waals surface area (Å²) < 4.78 is 7.05. The first-order valence-corrected chi connectivity index (χ1v) is 10.0. The van der Waals surface area contributed by atoms with Gasteiger partial charge in [0.05, 0.1) is 7.11 Å². The van der Waals surface area contributed by atoms with Crippen molar-refractivity contribution in [3.05, 3.63) is 46.8 Å². The molecule has 29 heavy (non-hydrogen) atoms. The van der Waals surface area contributed by atoms with E-state index >= 15 is 0 Å². The first-order valence-electron chi connectivity index (χ1n) is 10.0. The highest BCUT2D eigenvalue weighted by molar-refractivity contribution is 5.94. The van der Waals surface area contributed by atoms with Crippen LogP contribution in [0, 0.1) is 5.41 Å². The lowest BCUT2D eigenvalue weighted by Gasteiger charge is -2.32. The normalized spacial score (nSPS) is 13.8. The van der Waals surface area contributed by atoms with E-state index in [0.29, 0.717) is 38.3 Å². The smallest absolute Gasteiger partial charge is 0.272 e. The fourth-order valence-electron chi connectivity index (χ4n) is 3.59. The Morgan fingerprint density at radius 3 is 2.48 bits per heavy atom. The molecule has 1 aliphatic rings. The largest absolute Gasteiger partial charge is 0.497 e. The van der Waals surface area contributed by atoms with Crippen LogP contribution in [0.1, 0.15) is 55.0 Å². The molecular weight excluding hydrogens is 368 g/mol. The van der Waals surface area contributed by atoms with Gasteiger partial charge in [-0.1, -0.05) is 32.9 Å². The number of benzene rings is 1. The van der Waals surface area contributed by atoms with Crippen molar-refractivity contribution >= 4 is 11.8 Å². The summed E-state index contributed by atoms with van der Waals surface area (Å²) in [7, 11) is 1.62. The second-order valence-corrected chi connectivity index (χ2v) is 8.35. The molecule has 1 aromatic carbocycles. The molecule has 7 nitrogen and oxygen atoms in total. The van der Waals surface area contributed by atoms with Crippen molar-refractivity contribution < 1.29 is 14.3 Å². The molecule has 0 fully saturated rings. The van der Waals surface area contributed by atoms with Gasteiger partial charge in [-0.2, -0.15) is 5.10 Å². The third kappa shape index (κ3) is 4.44. The number of fused-ring (bicyclic) bond motifs is 1. The van der Waals surface area contributed by atoms with Gasteiger partial charge in [-0.05, 0) is 24.6 Å². The maximum absolute atomic E-state index is 12.9. The summed E-state index contributed by atoms with van der Waals surface area (Å²) in [5, 5.41) is 7.51. The van der Waals surface area contributed by atoms with Crippen LogP contribution in [-0.2, 0) is 30.8 Å². The van der Waals surface area contributed by atoms with E-state index in [1.54, 1.807) is 7.11 Å². The molecule has 0 atom stereocenters. The average Bonchev–Trinajstić information content (AvgIpc) is 3.09. The summed E-state index contributed by atoms with van der Waals surface area (Å²) in [5.41, 5.74) is 2.87. The summed E-state index contributed by atoms with van der Waals surface area (Å²) >= 11 is 0. The van der Waals surface area contributed by atoms with Crippen molar-refractivity contribution in [2.45, 2.75) is 53.8 Å². The maximum Gasteiger partial charge on any atom is 0.272 e. The maximum atomic E-state index is 12.9. The van der Waals surface area contributed by atoms with E-state index in [1.165, 1.54) is 0 Å². The van der Waals surface area contributed by atoms with Crippen molar-refractivity contribution in [3.63, 3.8) is 0 Å². The van der Waals surface area contributed by atoms with Crippen molar-refractivity contribution in [2.24, 2.45) is 5.41 Å². The summed E-state index contributed by atoms with van der Waals surface area (Å²) in [6.45, 7) is 9.95. The lowest BCUT2D eigenvalue weighted by Crippen LogP contribution is -2.43. The van der Waals surface area contributed by atoms with E-state index in [2.05, 4.69) is 10.4 Å². The molecule has 7 heteroatoms. The number of hydrogen-bond acceptors (Lipinski definition) is 4. The Labute approximate surface area is 172 Å². The van der Waals surface area contributed by atoms with Gasteiger partial charge in [-0.3, -0.25) is 14.3 Å². The Hall–Kier alpha value is -2.83. The topological polar surface area (TPSA) is 76.5 Å². The second-order valence-electron chi connectivity index (χ2n) is 8.35. The molecule has 1 aromatic heterocycles. The second kappa shape index (κ2) is 8.27. The number of aromatic nitrogens is 2. The minimum atomic E-state index is -0.449. The third-order valence-corrected chi connectivity index (χ3v) is 5.19. The minimum Gasteiger partial charge on any atom is -0.497 e. The summed E-state index contributed by atoms with van der Waals surface area (Å²) in [4.78, 5) is 27.5. The Bertz CT molecular complexity index is 894. The van der Waals surface area contributed by atoms with Crippen LogP contribution in [0.15, 0.2) is 24.3 Å². The lowest BCUT2D eigenvalue weighted by atomic mass is 9.93. The molecule has 156 valence electrons. The van der Waals surface area contributed by atoms with E-state index in [1.807, 2.05) is 61.5 Å². The van der Waals surface area contributed by atoms with Crippen LogP contribution >= 0.6 is 0 Å². The van der Waals surface area contributed by atoms with Gasteiger partial charge in [0.2, 0.25) is 5.91 Å². The summed E-state index contributed by atoms with van der Waals surface area (Å²) in [6.07, 6.45) is 0.712. The fraction of sp³-hybridized carbons (Fsp3) is 0.500. The van der Waals surface area contributed by atoms with Gasteiger partial charge >= 0.3 is 0 Å². The van der Waals surface area contributed by atoms with E-state index in [9.17, 15) is 9.59 Å². The number of carbonyl (C=O) groups excluding carboxylic acids is 2. The van der Waals surface area contributed by atoms with Crippen LogP contribution in [0.3, 0.4) is 0 Å². The van der Waals surface area contributed by atoms with E-state index in [-0.39, 0.29) is 11.8 Å². The van der Waals surface area contributed by atoms with Crippen LogP contribution in [0.4, 0.5) is 0 Å². The van der Waals surface area contributed by atoms with Gasteiger partial charge in [-0.15, -0.1) is 0 Å². The monoisotopic (exact) mass is 398 g/mol. The van der Waals surface area contributed by atoms with Gasteiger partial charge < -0.3 is 15.0 Å². The third-order valence-electron chi connectivity index (χ3n) is 5.19. The molecule has 0 aliphatic carbocycles. The standard InChI is InChI=1S/C22H30N4O3/c1-6-26-18-11-12-25(21(28)22(2,3)4)14-17(18)19(24-26)20(27)23-13-15-7-9-16(29-5)10-8-15/h7-10H,6,11-14H2,1-5H3,(H,23,27). The molecule has 0 saturated carbocycles. The molecule has 2 aromatic rings. The fourth-order valence-corrected chi connectivity index (χ4v) is 3.59. The predicted molar refractivity (Wildman–Crippen MR) is 111 cm³/mol. The van der Waals surface area contributed by atoms with Crippen LogP contribution in [-0.4, -0.2) is 40.1 Å². The SMILES string of the molecule is CCn1nc(C(=O)NCc2ccc(OC)cc2)c2c1CCN(C(=O)C(C)(C)C)C2. The highest BCUT2D eigenvalue weighted by atomic mass is 16.5. The van der Waals surface area contributed by atoms with Crippen molar-refractivity contribution in [1.82, 2.24) is 20.0 Å². The Kier molecular flexibility index (Phi) is 5.96. The quantitative estimate of drug-likeness (QED) is 0.840. The molecule has 2 heterocycles. The number of nitrogens with one attached hydrogen (secondary N) is 1. The number of methoxy groups -OCH3 is 1. The first-order chi connectivity index (χ1) is 13.7. The summed E-state index contributed by atoms with van der Waals surface area (Å²) in [6, 6.07) is 7.57. The van der Waals surface area contributed by atoms with E-state index in [4.69, 9.17) is 4.74 Å². The number of hydrogen-bond donors (Lipinski definition) is 1. The Balaban J connectivity index is 1.78. The first kappa shape index (κ1) is 20.9. The Morgan fingerprint density at radius 1 is 1.21 bits per heavy atom. The Morgan fingerprint density at radius 2 is 1.90 bits per heavy atom. The average molecular weight is 399 g/mol. The van der Waals surface area contributed by atoms with Gasteiger partial charge in [0.1, 0.15) is 5.75 Å². The molecule has 0 radical (unpaired) electrons. The molecule has 0 spiro atoms. The molecule has 3 rings (SSSR count). The van der Waals surface area contributed by atoms with Crippen molar-refractivity contribution in [2.75, 3.05) is 13.7 Å². The molecule has 0 saturated heterocycles. The van der Waals surface area contributed by atoms with Gasteiger partial charge in [0.25, 0.3) is 5.91 Å². The van der Waals surface area contributed by atoms with E-state index < -0.39 is 5.41 Å². The number of aryl methyl sites for hydroxylation is 1. The predicted octanol–water partition coefficient (Wildman–Crippen LogP) is 2.77. The molecular formula is C22H30N4O3. The minimum absolute atomic E-state index is 0.0944. The molecule has 2 amide bonds. The summed E-state index contributed by atoms with van der Waals surface area (Å²) in [5.74, 6) is 0.658. The van der Waals surface area contributed by atoms with Gasteiger partial charge in [0.15, 0.2) is 5.69 Å². The van der Waals surface area contributed by atoms with Crippen LogP contribution in [0.2, 0.25) is 0 Å². The molecule has 1 N–H and O–H groups in total. The zero-order valence-electron chi connectivity index (χ0n) is 17.9. The zero-order chi connectivity index (χ0) is 21.2. The van der Waals surface area contributed by atoms with E-state index in [0.717, 1.165) is 22.6 Å². The number of nitrogens with zero attached hydrogens (tertiary/aromatic N) is 3. The van der Waals surface area contributed by atoms with Crippen LogP contribution in [0.25, 0.3) is 0 Å². The van der Waals surface area contributed by atoms with Gasteiger partial charge in [-0.25, -0.2) is 0 Å². The number of amides is 2. The van der Waals surface area contributed by atoms with Crippen molar-refractivity contribution in [1.29, 1.82) is 0 Å². The highest BCUT2D eigenvalue weighted by Gasteiger charge is 2.33. The molecule has 1 aliphatic heterocycles. The van der Waals surface area contributed by atoms with Crippen LogP contribution < -0.4 is 10.1 Å². The van der Waals surface area contributed by atoms with Crippen molar-refractivity contribution in [3.8, 4) is 5.75 Å². The molecule has 0 bridgehead atoms.